The number of nitrogens with one attached hydrogen (secondary N) is 1. The van der Waals surface area contributed by atoms with Crippen LogP contribution in [-0.2, 0) is 4.74 Å². The summed E-state index contributed by atoms with van der Waals surface area (Å²) in [6.07, 6.45) is 7.00. The molecule has 3 nitrogen and oxygen atoms in total. The fourth-order valence-electron chi connectivity index (χ4n) is 2.67. The molecule has 2 aliphatic rings. The van der Waals surface area contributed by atoms with Gasteiger partial charge in [0.25, 0.3) is 0 Å². The third kappa shape index (κ3) is 2.27. The Hall–Kier alpha value is -0.120. The van der Waals surface area contributed by atoms with Gasteiger partial charge in [-0.05, 0) is 25.7 Å². The molecule has 0 amide bonds. The van der Waals surface area contributed by atoms with Crippen molar-refractivity contribution in [2.75, 3.05) is 19.8 Å². The van der Waals surface area contributed by atoms with E-state index in [9.17, 15) is 5.11 Å². The second-order valence-electron chi connectivity index (χ2n) is 4.68. The Balaban J connectivity index is 1.86. The van der Waals surface area contributed by atoms with Gasteiger partial charge in [0.15, 0.2) is 0 Å². The number of hydrogen-bond donors (Lipinski definition) is 2. The highest BCUT2D eigenvalue weighted by molar-refractivity contribution is 4.94. The third-order valence-corrected chi connectivity index (χ3v) is 3.59. The van der Waals surface area contributed by atoms with Crippen LogP contribution in [0.5, 0.6) is 0 Å². The molecule has 0 unspecified atom stereocenters. The molecule has 2 rings (SSSR count). The molecule has 2 N–H and O–H groups in total. The average molecular weight is 199 g/mol. The molecular formula is C11H21NO2. The van der Waals surface area contributed by atoms with Gasteiger partial charge >= 0.3 is 0 Å². The summed E-state index contributed by atoms with van der Waals surface area (Å²) in [5.41, 5.74) is 0.0437. The summed E-state index contributed by atoms with van der Waals surface area (Å²) in [7, 11) is 0. The van der Waals surface area contributed by atoms with Crippen LogP contribution >= 0.6 is 0 Å². The Morgan fingerprint density at radius 2 is 1.86 bits per heavy atom. The Bertz CT molecular complexity index is 172. The lowest BCUT2D eigenvalue weighted by Gasteiger charge is -2.35. The van der Waals surface area contributed by atoms with Crippen LogP contribution in [0.3, 0.4) is 0 Å². The van der Waals surface area contributed by atoms with Crippen LogP contribution in [0.4, 0.5) is 0 Å². The van der Waals surface area contributed by atoms with E-state index in [2.05, 4.69) is 5.32 Å². The summed E-state index contributed by atoms with van der Waals surface area (Å²) in [5.74, 6) is 0. The van der Waals surface area contributed by atoms with Crippen molar-refractivity contribution in [3.8, 4) is 0 Å². The highest BCUT2D eigenvalue weighted by Crippen LogP contribution is 2.30. The van der Waals surface area contributed by atoms with Gasteiger partial charge in [-0.3, -0.25) is 0 Å². The van der Waals surface area contributed by atoms with Crippen molar-refractivity contribution in [3.05, 3.63) is 0 Å². The zero-order valence-corrected chi connectivity index (χ0v) is 8.80. The van der Waals surface area contributed by atoms with E-state index in [0.29, 0.717) is 12.6 Å². The fourth-order valence-corrected chi connectivity index (χ4v) is 2.67. The van der Waals surface area contributed by atoms with E-state index in [1.807, 2.05) is 0 Å². The highest BCUT2D eigenvalue weighted by Gasteiger charge is 2.35. The van der Waals surface area contributed by atoms with Gasteiger partial charge in [-0.2, -0.15) is 0 Å². The molecule has 0 spiro atoms. The largest absolute Gasteiger partial charge is 0.394 e. The second-order valence-corrected chi connectivity index (χ2v) is 4.68. The molecule has 2 fully saturated rings. The van der Waals surface area contributed by atoms with Crippen LogP contribution in [0.15, 0.2) is 0 Å². The summed E-state index contributed by atoms with van der Waals surface area (Å²) in [5, 5.41) is 13.1. The smallest absolute Gasteiger partial charge is 0.0613 e. The van der Waals surface area contributed by atoms with Crippen molar-refractivity contribution in [2.45, 2.75) is 50.1 Å². The molecule has 1 aliphatic carbocycles. The number of hydrogen-bond acceptors (Lipinski definition) is 3. The van der Waals surface area contributed by atoms with E-state index < -0.39 is 0 Å². The Labute approximate surface area is 85.8 Å². The molecular weight excluding hydrogens is 178 g/mol. The van der Waals surface area contributed by atoms with Crippen molar-refractivity contribution in [1.82, 2.24) is 5.32 Å². The first-order valence-electron chi connectivity index (χ1n) is 5.81. The Kier molecular flexibility index (Phi) is 3.42. The van der Waals surface area contributed by atoms with Crippen molar-refractivity contribution < 1.29 is 9.84 Å². The summed E-state index contributed by atoms with van der Waals surface area (Å²) in [4.78, 5) is 0. The summed E-state index contributed by atoms with van der Waals surface area (Å²) < 4.78 is 5.33. The van der Waals surface area contributed by atoms with Gasteiger partial charge in [0, 0.05) is 24.8 Å². The van der Waals surface area contributed by atoms with Gasteiger partial charge in [0.05, 0.1) is 6.61 Å². The van der Waals surface area contributed by atoms with Crippen LogP contribution in [0.2, 0.25) is 0 Å². The molecule has 0 radical (unpaired) electrons. The van der Waals surface area contributed by atoms with Crippen LogP contribution < -0.4 is 5.32 Å². The van der Waals surface area contributed by atoms with Gasteiger partial charge in [-0.1, -0.05) is 12.8 Å². The molecule has 82 valence electrons. The van der Waals surface area contributed by atoms with Gasteiger partial charge in [-0.25, -0.2) is 0 Å². The van der Waals surface area contributed by atoms with Gasteiger partial charge < -0.3 is 15.2 Å². The van der Waals surface area contributed by atoms with E-state index in [0.717, 1.165) is 38.9 Å². The van der Waals surface area contributed by atoms with Gasteiger partial charge in [0.2, 0.25) is 0 Å². The van der Waals surface area contributed by atoms with Gasteiger partial charge in [-0.15, -0.1) is 0 Å². The molecule has 3 heteroatoms. The number of aliphatic hydroxyl groups excluding tert-OH is 1. The molecule has 1 aliphatic heterocycles. The van der Waals surface area contributed by atoms with Crippen molar-refractivity contribution in [3.63, 3.8) is 0 Å². The molecule has 1 saturated heterocycles. The SMILES string of the molecule is OCC1(NC2CCOCC2)CCCC1. The highest BCUT2D eigenvalue weighted by atomic mass is 16.5. The van der Waals surface area contributed by atoms with Crippen molar-refractivity contribution >= 4 is 0 Å². The number of rotatable bonds is 3. The molecule has 0 aromatic rings. The molecule has 14 heavy (non-hydrogen) atoms. The lowest BCUT2D eigenvalue weighted by molar-refractivity contribution is 0.0582. The zero-order valence-electron chi connectivity index (χ0n) is 8.80. The summed E-state index contributed by atoms with van der Waals surface area (Å²) >= 11 is 0. The fraction of sp³-hybridized carbons (Fsp3) is 1.00. The Morgan fingerprint density at radius 1 is 1.21 bits per heavy atom. The monoisotopic (exact) mass is 199 g/mol. The van der Waals surface area contributed by atoms with Crippen LogP contribution in [0.25, 0.3) is 0 Å². The zero-order chi connectivity index (χ0) is 9.86. The van der Waals surface area contributed by atoms with Crippen LogP contribution in [0.1, 0.15) is 38.5 Å². The van der Waals surface area contributed by atoms with Crippen LogP contribution in [0, 0.1) is 0 Å². The Morgan fingerprint density at radius 3 is 2.43 bits per heavy atom. The first-order chi connectivity index (χ1) is 6.85. The van der Waals surface area contributed by atoms with E-state index in [1.165, 1.54) is 12.8 Å². The molecule has 0 aromatic heterocycles. The first kappa shape index (κ1) is 10.4. The summed E-state index contributed by atoms with van der Waals surface area (Å²) in [6, 6.07) is 0.564. The predicted octanol–water partition coefficient (Wildman–Crippen LogP) is 1.06. The maximum absolute atomic E-state index is 9.45. The van der Waals surface area contributed by atoms with Crippen LogP contribution in [-0.4, -0.2) is 36.5 Å². The normalized spacial score (nSPS) is 28.1. The predicted molar refractivity (Wildman–Crippen MR) is 55.3 cm³/mol. The molecule has 1 heterocycles. The quantitative estimate of drug-likeness (QED) is 0.714. The van der Waals surface area contributed by atoms with E-state index in [1.54, 1.807) is 0 Å². The minimum absolute atomic E-state index is 0.0437. The molecule has 0 bridgehead atoms. The van der Waals surface area contributed by atoms with Crippen molar-refractivity contribution in [2.24, 2.45) is 0 Å². The summed E-state index contributed by atoms with van der Waals surface area (Å²) in [6.45, 7) is 2.04. The standard InChI is InChI=1S/C11H21NO2/c13-9-11(5-1-2-6-11)12-10-3-7-14-8-4-10/h10,12-13H,1-9H2. The molecule has 1 saturated carbocycles. The maximum Gasteiger partial charge on any atom is 0.0613 e. The number of aliphatic hydroxyl groups is 1. The maximum atomic E-state index is 9.45. The minimum Gasteiger partial charge on any atom is -0.394 e. The lowest BCUT2D eigenvalue weighted by atomic mass is 9.95. The van der Waals surface area contributed by atoms with E-state index >= 15 is 0 Å². The number of ether oxygens (including phenoxy) is 1. The third-order valence-electron chi connectivity index (χ3n) is 3.59. The van der Waals surface area contributed by atoms with Crippen molar-refractivity contribution in [1.29, 1.82) is 0 Å². The minimum atomic E-state index is 0.0437. The first-order valence-corrected chi connectivity index (χ1v) is 5.81. The topological polar surface area (TPSA) is 41.5 Å². The van der Waals surface area contributed by atoms with E-state index in [-0.39, 0.29) is 5.54 Å². The molecule has 0 aromatic carbocycles. The lowest BCUT2D eigenvalue weighted by Crippen LogP contribution is -2.52. The second kappa shape index (κ2) is 4.60. The molecule has 0 atom stereocenters. The van der Waals surface area contributed by atoms with Gasteiger partial charge in [0.1, 0.15) is 0 Å². The average Bonchev–Trinajstić information content (AvgIpc) is 2.69. The van der Waals surface area contributed by atoms with E-state index in [4.69, 9.17) is 4.74 Å².